The van der Waals surface area contributed by atoms with Gasteiger partial charge in [0.25, 0.3) is 5.69 Å². The summed E-state index contributed by atoms with van der Waals surface area (Å²) in [7, 11) is 0. The number of aryl methyl sites for hydroxylation is 1. The van der Waals surface area contributed by atoms with Crippen molar-refractivity contribution in [1.82, 2.24) is 0 Å². The Hall–Kier alpha value is -3.80. The van der Waals surface area contributed by atoms with Crippen LogP contribution in [0.15, 0.2) is 71.9 Å². The highest BCUT2D eigenvalue weighted by molar-refractivity contribution is 6.24. The third-order valence-electron chi connectivity index (χ3n) is 4.45. The van der Waals surface area contributed by atoms with Gasteiger partial charge in [0, 0.05) is 23.3 Å². The summed E-state index contributed by atoms with van der Waals surface area (Å²) in [4.78, 5) is 28.1. The van der Waals surface area contributed by atoms with Gasteiger partial charge in [0.2, 0.25) is 0 Å². The molecule has 0 saturated heterocycles. The van der Waals surface area contributed by atoms with E-state index in [0.717, 1.165) is 22.3 Å². The van der Waals surface area contributed by atoms with Crippen LogP contribution in [0.25, 0.3) is 11.1 Å². The molecule has 6 heteroatoms. The van der Waals surface area contributed by atoms with Gasteiger partial charge in [0.05, 0.1) is 10.5 Å². The van der Waals surface area contributed by atoms with Crippen molar-refractivity contribution in [3.8, 4) is 11.1 Å². The van der Waals surface area contributed by atoms with E-state index < -0.39 is 10.9 Å². The van der Waals surface area contributed by atoms with Crippen LogP contribution < -0.4 is 0 Å². The molecule has 0 bridgehead atoms. The van der Waals surface area contributed by atoms with Crippen LogP contribution in [0, 0.1) is 17.0 Å². The largest absolute Gasteiger partial charge is 0.365 e. The van der Waals surface area contributed by atoms with E-state index in [-0.39, 0.29) is 5.69 Å². The molecule has 0 fully saturated rings. The Morgan fingerprint density at radius 2 is 1.59 bits per heavy atom. The molecule has 0 N–H and O–H groups in total. The molecule has 1 aliphatic carbocycles. The lowest BCUT2D eigenvalue weighted by Gasteiger charge is -2.03. The molecule has 132 valence electrons. The maximum atomic E-state index is 12.3. The maximum absolute atomic E-state index is 12.3. The number of non-ortho nitro benzene ring substituents is 1. The number of nitro benzene ring substituents is 1. The first-order chi connectivity index (χ1) is 13.0. The molecule has 0 saturated carbocycles. The second kappa shape index (κ2) is 6.49. The van der Waals surface area contributed by atoms with Crippen molar-refractivity contribution in [2.24, 2.45) is 5.16 Å². The summed E-state index contributed by atoms with van der Waals surface area (Å²) in [6, 6.07) is 19.0. The number of nitro groups is 1. The van der Waals surface area contributed by atoms with Crippen LogP contribution in [-0.4, -0.2) is 16.6 Å². The van der Waals surface area contributed by atoms with Gasteiger partial charge in [-0.3, -0.25) is 10.1 Å². The Labute approximate surface area is 154 Å². The molecule has 0 unspecified atom stereocenters. The van der Waals surface area contributed by atoms with Gasteiger partial charge < -0.3 is 4.84 Å². The standard InChI is InChI=1S/C21H14N2O4/c1-13-6-8-14(9-7-13)21(24)27-22-20-18-5-3-2-4-16(18)17-11-10-15(23(25)26)12-19(17)20/h2-12H,1H3/b22-20-. The maximum Gasteiger partial charge on any atom is 0.365 e. The zero-order valence-corrected chi connectivity index (χ0v) is 14.4. The highest BCUT2D eigenvalue weighted by Crippen LogP contribution is 2.38. The summed E-state index contributed by atoms with van der Waals surface area (Å²) in [5, 5.41) is 15.2. The van der Waals surface area contributed by atoms with Crippen molar-refractivity contribution in [2.75, 3.05) is 0 Å². The van der Waals surface area contributed by atoms with Crippen LogP contribution in [-0.2, 0) is 4.84 Å². The van der Waals surface area contributed by atoms with Crippen molar-refractivity contribution in [1.29, 1.82) is 0 Å². The molecule has 3 aromatic rings. The van der Waals surface area contributed by atoms with Crippen molar-refractivity contribution < 1.29 is 14.6 Å². The third-order valence-corrected chi connectivity index (χ3v) is 4.45. The smallest absolute Gasteiger partial charge is 0.312 e. The Kier molecular flexibility index (Phi) is 4.01. The van der Waals surface area contributed by atoms with E-state index in [1.54, 1.807) is 18.2 Å². The first kappa shape index (κ1) is 16.7. The van der Waals surface area contributed by atoms with E-state index in [0.29, 0.717) is 16.8 Å². The normalized spacial score (nSPS) is 13.1. The van der Waals surface area contributed by atoms with Crippen LogP contribution in [0.2, 0.25) is 0 Å². The van der Waals surface area contributed by atoms with E-state index in [4.69, 9.17) is 4.84 Å². The van der Waals surface area contributed by atoms with Crippen LogP contribution >= 0.6 is 0 Å². The minimum absolute atomic E-state index is 0.0425. The Morgan fingerprint density at radius 3 is 2.30 bits per heavy atom. The number of fused-ring (bicyclic) bond motifs is 3. The highest BCUT2D eigenvalue weighted by atomic mass is 16.7. The van der Waals surface area contributed by atoms with Crippen molar-refractivity contribution in [3.05, 3.63) is 99.1 Å². The molecule has 0 atom stereocenters. The Bertz CT molecular complexity index is 1100. The second-order valence-electron chi connectivity index (χ2n) is 6.22. The first-order valence-electron chi connectivity index (χ1n) is 8.29. The molecule has 3 aromatic carbocycles. The van der Waals surface area contributed by atoms with Crippen LogP contribution in [0.3, 0.4) is 0 Å². The van der Waals surface area contributed by atoms with Gasteiger partial charge in [0.15, 0.2) is 0 Å². The molecule has 0 aromatic heterocycles. The molecule has 0 heterocycles. The lowest BCUT2D eigenvalue weighted by atomic mass is 10.1. The van der Waals surface area contributed by atoms with E-state index in [9.17, 15) is 14.9 Å². The lowest BCUT2D eigenvalue weighted by molar-refractivity contribution is -0.384. The zero-order valence-electron chi connectivity index (χ0n) is 14.4. The van der Waals surface area contributed by atoms with Gasteiger partial charge in [-0.15, -0.1) is 0 Å². The molecule has 4 rings (SSSR count). The monoisotopic (exact) mass is 358 g/mol. The summed E-state index contributed by atoms with van der Waals surface area (Å²) < 4.78 is 0. The minimum Gasteiger partial charge on any atom is -0.312 e. The predicted octanol–water partition coefficient (Wildman–Crippen LogP) is 4.49. The van der Waals surface area contributed by atoms with Crippen molar-refractivity contribution in [2.45, 2.75) is 6.92 Å². The fourth-order valence-corrected chi connectivity index (χ4v) is 3.07. The third kappa shape index (κ3) is 2.97. The van der Waals surface area contributed by atoms with Gasteiger partial charge in [-0.1, -0.05) is 47.1 Å². The summed E-state index contributed by atoms with van der Waals surface area (Å²) in [6.07, 6.45) is 0. The Morgan fingerprint density at radius 1 is 0.926 bits per heavy atom. The number of nitrogens with zero attached hydrogens (tertiary/aromatic N) is 2. The topological polar surface area (TPSA) is 81.8 Å². The summed E-state index contributed by atoms with van der Waals surface area (Å²) in [6.45, 7) is 1.93. The van der Waals surface area contributed by atoms with Crippen LogP contribution in [0.1, 0.15) is 27.0 Å². The van der Waals surface area contributed by atoms with Crippen LogP contribution in [0.4, 0.5) is 5.69 Å². The minimum atomic E-state index is -0.584. The highest BCUT2D eigenvalue weighted by Gasteiger charge is 2.27. The van der Waals surface area contributed by atoms with E-state index in [2.05, 4.69) is 5.16 Å². The fourth-order valence-electron chi connectivity index (χ4n) is 3.07. The molecule has 0 radical (unpaired) electrons. The molecule has 0 aliphatic heterocycles. The zero-order chi connectivity index (χ0) is 19.0. The summed E-state index contributed by atoms with van der Waals surface area (Å²) >= 11 is 0. The molecular weight excluding hydrogens is 344 g/mol. The SMILES string of the molecule is Cc1ccc(C(=O)O/N=C2/c3ccccc3-c3ccc([N+](=O)[O-])cc32)cc1. The number of rotatable bonds is 3. The van der Waals surface area contributed by atoms with Gasteiger partial charge in [-0.2, -0.15) is 0 Å². The first-order valence-corrected chi connectivity index (χ1v) is 8.29. The molecule has 0 amide bonds. The number of benzene rings is 3. The lowest BCUT2D eigenvalue weighted by Crippen LogP contribution is -2.05. The average molecular weight is 358 g/mol. The summed E-state index contributed by atoms with van der Waals surface area (Å²) in [5.74, 6) is -0.584. The summed E-state index contributed by atoms with van der Waals surface area (Å²) in [5.41, 5.74) is 4.84. The second-order valence-corrected chi connectivity index (χ2v) is 6.22. The number of hydrogen-bond acceptors (Lipinski definition) is 5. The van der Waals surface area contributed by atoms with E-state index >= 15 is 0 Å². The van der Waals surface area contributed by atoms with Gasteiger partial charge in [-0.25, -0.2) is 4.79 Å². The van der Waals surface area contributed by atoms with Gasteiger partial charge in [0.1, 0.15) is 5.71 Å². The van der Waals surface area contributed by atoms with E-state index in [1.165, 1.54) is 12.1 Å². The van der Waals surface area contributed by atoms with Gasteiger partial charge >= 0.3 is 5.97 Å². The quantitative estimate of drug-likeness (QED) is 0.307. The number of carbonyl (C=O) groups is 1. The molecular formula is C21H14N2O4. The van der Waals surface area contributed by atoms with E-state index in [1.807, 2.05) is 43.3 Å². The predicted molar refractivity (Wildman–Crippen MR) is 101 cm³/mol. The van der Waals surface area contributed by atoms with Crippen molar-refractivity contribution in [3.63, 3.8) is 0 Å². The molecule has 6 nitrogen and oxygen atoms in total. The van der Waals surface area contributed by atoms with Crippen LogP contribution in [0.5, 0.6) is 0 Å². The number of carbonyl (C=O) groups excluding carboxylic acids is 1. The molecule has 27 heavy (non-hydrogen) atoms. The molecule has 0 spiro atoms. The number of oxime groups is 1. The fraction of sp³-hybridized carbons (Fsp3) is 0.0476. The van der Waals surface area contributed by atoms with Gasteiger partial charge in [-0.05, 0) is 36.2 Å². The van der Waals surface area contributed by atoms with Crippen molar-refractivity contribution >= 4 is 17.4 Å². The average Bonchev–Trinajstić information content (AvgIpc) is 2.99. The molecule has 1 aliphatic rings. The Balaban J connectivity index is 1.74. The number of hydrogen-bond donors (Lipinski definition) is 0.